The maximum absolute atomic E-state index is 13.0. The Hall–Kier alpha value is -2.50. The van der Waals surface area contributed by atoms with E-state index in [1.54, 1.807) is 30.3 Å². The van der Waals surface area contributed by atoms with Gasteiger partial charge in [0.2, 0.25) is 0 Å². The van der Waals surface area contributed by atoms with Gasteiger partial charge < -0.3 is 15.3 Å². The molecule has 3 rings (SSSR count). The van der Waals surface area contributed by atoms with Crippen LogP contribution in [0.15, 0.2) is 42.5 Å². The summed E-state index contributed by atoms with van der Waals surface area (Å²) >= 11 is 0. The highest BCUT2D eigenvalue weighted by Crippen LogP contribution is 2.32. The summed E-state index contributed by atoms with van der Waals surface area (Å²) in [5.74, 6) is -0.190. The molecule has 148 valence electrons. The summed E-state index contributed by atoms with van der Waals surface area (Å²) in [5.41, 5.74) is 2.63. The van der Waals surface area contributed by atoms with Crippen molar-refractivity contribution in [3.63, 3.8) is 0 Å². The number of hydrogen-bond acceptors (Lipinski definition) is 5. The number of fused-ring (bicyclic) bond motifs is 2. The van der Waals surface area contributed by atoms with Crippen molar-refractivity contribution in [2.45, 2.75) is 32.7 Å². The van der Waals surface area contributed by atoms with E-state index in [0.29, 0.717) is 28.8 Å². The molecular weight excluding hydrogens is 352 g/mol. The molecule has 2 aromatic carbocycles. The molecule has 0 heterocycles. The lowest BCUT2D eigenvalue weighted by atomic mass is 9.83. The number of benzene rings is 2. The largest absolute Gasteiger partial charge is 0.395 e. The molecule has 0 amide bonds. The summed E-state index contributed by atoms with van der Waals surface area (Å²) in [4.78, 5) is 28.1. The van der Waals surface area contributed by atoms with Crippen LogP contribution in [0.2, 0.25) is 0 Å². The molecule has 2 aromatic rings. The van der Waals surface area contributed by atoms with Gasteiger partial charge in [-0.05, 0) is 38.9 Å². The molecule has 1 aliphatic rings. The highest BCUT2D eigenvalue weighted by atomic mass is 16.3. The molecule has 1 atom stereocenters. The molecule has 5 heteroatoms. The van der Waals surface area contributed by atoms with Crippen molar-refractivity contribution >= 4 is 17.3 Å². The van der Waals surface area contributed by atoms with Crippen LogP contribution in [-0.4, -0.2) is 53.9 Å². The van der Waals surface area contributed by atoms with Gasteiger partial charge in [0.15, 0.2) is 11.6 Å². The van der Waals surface area contributed by atoms with Crippen molar-refractivity contribution < 1.29 is 14.7 Å². The second-order valence-electron chi connectivity index (χ2n) is 7.28. The normalized spacial score (nSPS) is 14.0. The van der Waals surface area contributed by atoms with Crippen molar-refractivity contribution in [2.24, 2.45) is 0 Å². The number of ketones is 2. The van der Waals surface area contributed by atoms with Crippen LogP contribution in [-0.2, 0) is 0 Å². The van der Waals surface area contributed by atoms with E-state index < -0.39 is 0 Å². The zero-order chi connectivity index (χ0) is 20.1. The lowest BCUT2D eigenvalue weighted by Gasteiger charge is -2.24. The third-order valence-corrected chi connectivity index (χ3v) is 5.33. The Morgan fingerprint density at radius 2 is 1.64 bits per heavy atom. The Balaban J connectivity index is 1.73. The minimum atomic E-state index is -0.0967. The maximum atomic E-state index is 13.0. The fourth-order valence-corrected chi connectivity index (χ4v) is 3.79. The minimum Gasteiger partial charge on any atom is -0.395 e. The van der Waals surface area contributed by atoms with Crippen molar-refractivity contribution in [1.29, 1.82) is 0 Å². The topological polar surface area (TPSA) is 69.6 Å². The molecule has 0 spiro atoms. The molecule has 1 aliphatic carbocycles. The smallest absolute Gasteiger partial charge is 0.196 e. The zero-order valence-corrected chi connectivity index (χ0v) is 16.6. The van der Waals surface area contributed by atoms with Gasteiger partial charge >= 0.3 is 0 Å². The van der Waals surface area contributed by atoms with Crippen LogP contribution in [0.3, 0.4) is 0 Å². The van der Waals surface area contributed by atoms with Gasteiger partial charge in [-0.15, -0.1) is 0 Å². The first kappa shape index (κ1) is 20.2. The Kier molecular flexibility index (Phi) is 6.60. The van der Waals surface area contributed by atoms with Crippen molar-refractivity contribution in [3.05, 3.63) is 64.7 Å². The minimum absolute atomic E-state index is 0.0934. The van der Waals surface area contributed by atoms with E-state index in [0.717, 1.165) is 31.6 Å². The first-order valence-electron chi connectivity index (χ1n) is 9.98. The molecule has 0 bridgehead atoms. The van der Waals surface area contributed by atoms with E-state index in [4.69, 9.17) is 5.11 Å². The average molecular weight is 380 g/mol. The summed E-state index contributed by atoms with van der Waals surface area (Å²) in [6.07, 6.45) is 1.93. The second kappa shape index (κ2) is 9.13. The number of aliphatic hydroxyl groups is 1. The fourth-order valence-electron chi connectivity index (χ4n) is 3.79. The number of carbonyl (C=O) groups excluding carboxylic acids is 2. The number of hydrogen-bond donors (Lipinski definition) is 2. The van der Waals surface area contributed by atoms with Gasteiger partial charge in [-0.25, -0.2) is 0 Å². The lowest BCUT2D eigenvalue weighted by molar-refractivity contribution is 0.0979. The van der Waals surface area contributed by atoms with Gasteiger partial charge in [0.05, 0.1) is 12.2 Å². The standard InChI is InChI=1S/C23H28N2O3/c1-3-25(14-15-26)13-7-8-16(2)24-20-12-6-11-19-21(20)23(28)18-10-5-4-9-17(18)22(19)27/h4-6,9-12,16,24,26H,3,7-8,13-15H2,1-2H3. The van der Waals surface area contributed by atoms with Crippen LogP contribution < -0.4 is 5.32 Å². The van der Waals surface area contributed by atoms with E-state index in [1.165, 1.54) is 0 Å². The van der Waals surface area contributed by atoms with Crippen molar-refractivity contribution in [3.8, 4) is 0 Å². The number of likely N-dealkylation sites (N-methyl/N-ethyl adjacent to an activating group) is 1. The number of rotatable bonds is 9. The SMILES string of the molecule is CCN(CCO)CCCC(C)Nc1cccc2c1C(=O)c1ccccc1C2=O. The molecule has 0 radical (unpaired) electrons. The predicted molar refractivity (Wildman–Crippen MR) is 111 cm³/mol. The number of anilines is 1. The molecular formula is C23H28N2O3. The molecule has 5 nitrogen and oxygen atoms in total. The quantitative estimate of drug-likeness (QED) is 0.596. The van der Waals surface area contributed by atoms with E-state index in [9.17, 15) is 9.59 Å². The van der Waals surface area contributed by atoms with Crippen molar-refractivity contribution in [1.82, 2.24) is 4.90 Å². The van der Waals surface area contributed by atoms with Crippen LogP contribution >= 0.6 is 0 Å². The zero-order valence-electron chi connectivity index (χ0n) is 16.6. The van der Waals surface area contributed by atoms with Gasteiger partial charge in [-0.2, -0.15) is 0 Å². The Morgan fingerprint density at radius 1 is 0.964 bits per heavy atom. The van der Waals surface area contributed by atoms with Crippen molar-refractivity contribution in [2.75, 3.05) is 31.6 Å². The molecule has 0 aliphatic heterocycles. The summed E-state index contributed by atoms with van der Waals surface area (Å²) in [5, 5.41) is 12.5. The van der Waals surface area contributed by atoms with Gasteiger partial charge in [0.25, 0.3) is 0 Å². The van der Waals surface area contributed by atoms with Crippen LogP contribution in [0, 0.1) is 0 Å². The van der Waals surface area contributed by atoms with Gasteiger partial charge in [-0.1, -0.05) is 43.3 Å². The Bertz CT molecular complexity index is 863. The molecule has 28 heavy (non-hydrogen) atoms. The average Bonchev–Trinajstić information content (AvgIpc) is 2.71. The number of nitrogens with zero attached hydrogens (tertiary/aromatic N) is 1. The third kappa shape index (κ3) is 4.16. The summed E-state index contributed by atoms with van der Waals surface area (Å²) in [6.45, 7) is 6.90. The molecule has 0 fully saturated rings. The summed E-state index contributed by atoms with van der Waals surface area (Å²) in [7, 11) is 0. The fraction of sp³-hybridized carbons (Fsp3) is 0.391. The molecule has 2 N–H and O–H groups in total. The Labute approximate surface area is 166 Å². The van der Waals surface area contributed by atoms with E-state index in [2.05, 4.69) is 24.1 Å². The summed E-state index contributed by atoms with van der Waals surface area (Å²) < 4.78 is 0. The van der Waals surface area contributed by atoms with Crippen LogP contribution in [0.4, 0.5) is 5.69 Å². The molecule has 0 aromatic heterocycles. The number of aliphatic hydroxyl groups excluding tert-OH is 1. The van der Waals surface area contributed by atoms with E-state index in [1.807, 2.05) is 12.1 Å². The van der Waals surface area contributed by atoms with Gasteiger partial charge in [0.1, 0.15) is 0 Å². The first-order valence-corrected chi connectivity index (χ1v) is 9.98. The monoisotopic (exact) mass is 380 g/mol. The highest BCUT2D eigenvalue weighted by molar-refractivity contribution is 6.30. The van der Waals surface area contributed by atoms with Crippen LogP contribution in [0.25, 0.3) is 0 Å². The maximum Gasteiger partial charge on any atom is 0.196 e. The Morgan fingerprint density at radius 3 is 2.32 bits per heavy atom. The molecule has 0 saturated carbocycles. The number of nitrogens with one attached hydrogen (secondary N) is 1. The van der Waals surface area contributed by atoms with E-state index >= 15 is 0 Å². The lowest BCUT2D eigenvalue weighted by Crippen LogP contribution is -2.29. The van der Waals surface area contributed by atoms with E-state index in [-0.39, 0.29) is 24.2 Å². The highest BCUT2D eigenvalue weighted by Gasteiger charge is 2.31. The van der Waals surface area contributed by atoms with Gasteiger partial charge in [-0.3, -0.25) is 9.59 Å². The first-order chi connectivity index (χ1) is 13.6. The van der Waals surface area contributed by atoms with Crippen LogP contribution in [0.1, 0.15) is 58.5 Å². The number of carbonyl (C=O) groups is 2. The van der Waals surface area contributed by atoms with Gasteiger partial charge in [0, 0.05) is 35.0 Å². The van der Waals surface area contributed by atoms with Crippen LogP contribution in [0.5, 0.6) is 0 Å². The third-order valence-electron chi connectivity index (χ3n) is 5.33. The second-order valence-corrected chi connectivity index (χ2v) is 7.28. The molecule has 0 saturated heterocycles. The molecule has 1 unspecified atom stereocenters. The predicted octanol–water partition coefficient (Wildman–Crippen LogP) is 3.36. The summed E-state index contributed by atoms with van der Waals surface area (Å²) in [6, 6.07) is 12.6.